The summed E-state index contributed by atoms with van der Waals surface area (Å²) in [6, 6.07) is 19.9. The largest absolute Gasteiger partial charge is 0.495 e. The molecule has 0 aromatic heterocycles. The summed E-state index contributed by atoms with van der Waals surface area (Å²) in [5.74, 6) is -0.195. The summed E-state index contributed by atoms with van der Waals surface area (Å²) in [5, 5.41) is 3.09. The number of para-hydroxylation sites is 1. The lowest BCUT2D eigenvalue weighted by Gasteiger charge is -2.20. The zero-order valence-electron chi connectivity index (χ0n) is 18.7. The third kappa shape index (κ3) is 6.35. The van der Waals surface area contributed by atoms with Crippen molar-refractivity contribution < 1.29 is 17.9 Å². The predicted molar refractivity (Wildman–Crippen MR) is 131 cm³/mol. The number of amides is 1. The SMILES string of the molecule is COc1ccc(C(C)C)cc1S(=O)(=O)NC(Cc1ccccc1)C(=O)Nc1ccccc1Cl. The number of anilines is 1. The molecule has 0 fully saturated rings. The third-order valence-electron chi connectivity index (χ3n) is 5.17. The smallest absolute Gasteiger partial charge is 0.245 e. The van der Waals surface area contributed by atoms with Gasteiger partial charge in [-0.1, -0.05) is 74.0 Å². The first kappa shape index (κ1) is 24.8. The highest BCUT2D eigenvalue weighted by Gasteiger charge is 2.29. The van der Waals surface area contributed by atoms with E-state index in [-0.39, 0.29) is 23.0 Å². The zero-order chi connectivity index (χ0) is 24.0. The number of halogens is 1. The van der Waals surface area contributed by atoms with Crippen LogP contribution >= 0.6 is 11.6 Å². The second-order valence-electron chi connectivity index (χ2n) is 7.90. The molecule has 3 rings (SSSR count). The Hall–Kier alpha value is -2.87. The molecule has 3 aromatic carbocycles. The minimum Gasteiger partial charge on any atom is -0.495 e. The number of nitrogens with one attached hydrogen (secondary N) is 2. The third-order valence-corrected chi connectivity index (χ3v) is 6.99. The van der Waals surface area contributed by atoms with Gasteiger partial charge in [-0.25, -0.2) is 8.42 Å². The quantitative estimate of drug-likeness (QED) is 0.445. The van der Waals surface area contributed by atoms with Crippen molar-refractivity contribution >= 4 is 33.2 Å². The summed E-state index contributed by atoms with van der Waals surface area (Å²) >= 11 is 6.18. The van der Waals surface area contributed by atoms with Crippen LogP contribution in [0.4, 0.5) is 5.69 Å². The topological polar surface area (TPSA) is 84.5 Å². The molecule has 0 aliphatic heterocycles. The van der Waals surface area contributed by atoms with Gasteiger partial charge in [0, 0.05) is 0 Å². The van der Waals surface area contributed by atoms with Gasteiger partial charge in [-0.3, -0.25) is 4.79 Å². The molecule has 0 heterocycles. The monoisotopic (exact) mass is 486 g/mol. The molecule has 6 nitrogen and oxygen atoms in total. The molecule has 0 radical (unpaired) electrons. The Kier molecular flexibility index (Phi) is 8.13. The van der Waals surface area contributed by atoms with Gasteiger partial charge in [-0.2, -0.15) is 4.72 Å². The molecule has 0 spiro atoms. The predicted octanol–water partition coefficient (Wildman–Crippen LogP) is 5.00. The fourth-order valence-corrected chi connectivity index (χ4v) is 4.92. The van der Waals surface area contributed by atoms with Gasteiger partial charge in [0.15, 0.2) is 0 Å². The first-order chi connectivity index (χ1) is 15.7. The molecule has 2 N–H and O–H groups in total. The van der Waals surface area contributed by atoms with Crippen LogP contribution in [0.15, 0.2) is 77.7 Å². The van der Waals surface area contributed by atoms with Crippen molar-refractivity contribution in [1.82, 2.24) is 4.72 Å². The number of rotatable bonds is 9. The number of sulfonamides is 1. The second-order valence-corrected chi connectivity index (χ2v) is 9.99. The zero-order valence-corrected chi connectivity index (χ0v) is 20.3. The fourth-order valence-electron chi connectivity index (χ4n) is 3.33. The maximum absolute atomic E-state index is 13.4. The van der Waals surface area contributed by atoms with Crippen molar-refractivity contribution in [3.8, 4) is 5.75 Å². The van der Waals surface area contributed by atoms with Crippen LogP contribution in [-0.4, -0.2) is 27.5 Å². The average molecular weight is 487 g/mol. The first-order valence-electron chi connectivity index (χ1n) is 10.5. The molecule has 0 saturated carbocycles. The van der Waals surface area contributed by atoms with Gasteiger partial charge in [0.25, 0.3) is 0 Å². The highest BCUT2D eigenvalue weighted by atomic mass is 35.5. The molecule has 0 saturated heterocycles. The molecule has 8 heteroatoms. The van der Waals surface area contributed by atoms with Crippen LogP contribution in [0, 0.1) is 0 Å². The molecule has 1 unspecified atom stereocenters. The summed E-state index contributed by atoms with van der Waals surface area (Å²) in [4.78, 5) is 13.2. The minimum atomic E-state index is -4.09. The standard InChI is InChI=1S/C25H27ClN2O4S/c1-17(2)19-13-14-23(32-3)24(16-19)33(30,31)28-22(15-18-9-5-4-6-10-18)25(29)27-21-12-8-7-11-20(21)26/h4-14,16-17,22,28H,15H2,1-3H3,(H,27,29). The summed E-state index contributed by atoms with van der Waals surface area (Å²) in [5.41, 5.74) is 2.06. The van der Waals surface area contributed by atoms with E-state index < -0.39 is 22.0 Å². The van der Waals surface area contributed by atoms with Crippen molar-refractivity contribution in [2.75, 3.05) is 12.4 Å². The molecular formula is C25H27ClN2O4S. The molecule has 3 aromatic rings. The van der Waals surface area contributed by atoms with E-state index in [1.807, 2.05) is 50.2 Å². The summed E-state index contributed by atoms with van der Waals surface area (Å²) < 4.78 is 34.7. The van der Waals surface area contributed by atoms with E-state index >= 15 is 0 Å². The van der Waals surface area contributed by atoms with Crippen LogP contribution in [0.2, 0.25) is 5.02 Å². The molecular weight excluding hydrogens is 460 g/mol. The van der Waals surface area contributed by atoms with Crippen LogP contribution in [0.25, 0.3) is 0 Å². The summed E-state index contributed by atoms with van der Waals surface area (Å²) in [6.45, 7) is 3.95. The van der Waals surface area contributed by atoms with Gasteiger partial charge >= 0.3 is 0 Å². The van der Waals surface area contributed by atoms with Crippen LogP contribution in [0.5, 0.6) is 5.75 Å². The Labute approximate surface area is 200 Å². The first-order valence-corrected chi connectivity index (χ1v) is 12.4. The molecule has 174 valence electrons. The van der Waals surface area contributed by atoms with E-state index in [4.69, 9.17) is 16.3 Å². The highest BCUT2D eigenvalue weighted by Crippen LogP contribution is 2.28. The number of hydrogen-bond donors (Lipinski definition) is 2. The van der Waals surface area contributed by atoms with Crippen molar-refractivity contribution in [3.63, 3.8) is 0 Å². The van der Waals surface area contributed by atoms with Crippen LogP contribution < -0.4 is 14.8 Å². The van der Waals surface area contributed by atoms with Gasteiger partial charge in [0.2, 0.25) is 15.9 Å². The normalized spacial score (nSPS) is 12.4. The molecule has 0 bridgehead atoms. The summed E-state index contributed by atoms with van der Waals surface area (Å²) in [7, 11) is -2.68. The van der Waals surface area contributed by atoms with E-state index in [9.17, 15) is 13.2 Å². The number of hydrogen-bond acceptors (Lipinski definition) is 4. The van der Waals surface area contributed by atoms with Crippen molar-refractivity contribution in [1.29, 1.82) is 0 Å². The molecule has 0 aliphatic rings. The Balaban J connectivity index is 1.96. The van der Waals surface area contributed by atoms with Crippen LogP contribution in [0.3, 0.4) is 0 Å². The van der Waals surface area contributed by atoms with Crippen LogP contribution in [-0.2, 0) is 21.2 Å². The van der Waals surface area contributed by atoms with Gasteiger partial charge < -0.3 is 10.1 Å². The Bertz CT molecular complexity index is 1210. The molecule has 33 heavy (non-hydrogen) atoms. The Morgan fingerprint density at radius 3 is 2.30 bits per heavy atom. The Morgan fingerprint density at radius 1 is 1.00 bits per heavy atom. The van der Waals surface area contributed by atoms with Crippen LogP contribution in [0.1, 0.15) is 30.9 Å². The van der Waals surface area contributed by atoms with Gasteiger partial charge in [-0.05, 0) is 47.7 Å². The van der Waals surface area contributed by atoms with E-state index in [1.54, 1.807) is 36.4 Å². The number of ether oxygens (including phenoxy) is 1. The van der Waals surface area contributed by atoms with E-state index in [0.29, 0.717) is 10.7 Å². The van der Waals surface area contributed by atoms with Crippen molar-refractivity contribution in [2.24, 2.45) is 0 Å². The van der Waals surface area contributed by atoms with Crippen molar-refractivity contribution in [3.05, 3.63) is 88.9 Å². The lowest BCUT2D eigenvalue weighted by Crippen LogP contribution is -2.45. The maximum atomic E-state index is 13.4. The second kappa shape index (κ2) is 10.8. The van der Waals surface area contributed by atoms with Crippen molar-refractivity contribution in [2.45, 2.75) is 37.1 Å². The van der Waals surface area contributed by atoms with Gasteiger partial charge in [0.05, 0.1) is 17.8 Å². The lowest BCUT2D eigenvalue weighted by molar-refractivity contribution is -0.117. The Morgan fingerprint density at radius 2 is 1.67 bits per heavy atom. The van der Waals surface area contributed by atoms with Gasteiger partial charge in [-0.15, -0.1) is 0 Å². The van der Waals surface area contributed by atoms with E-state index in [2.05, 4.69) is 10.0 Å². The number of benzene rings is 3. The minimum absolute atomic E-state index is 0.0141. The molecule has 1 amide bonds. The lowest BCUT2D eigenvalue weighted by atomic mass is 10.0. The fraction of sp³-hybridized carbons (Fsp3) is 0.240. The summed E-state index contributed by atoms with van der Waals surface area (Å²) in [6.07, 6.45) is 0.155. The number of carbonyl (C=O) groups is 1. The molecule has 1 atom stereocenters. The molecule has 0 aliphatic carbocycles. The van der Waals surface area contributed by atoms with E-state index in [1.165, 1.54) is 7.11 Å². The van der Waals surface area contributed by atoms with E-state index in [0.717, 1.165) is 11.1 Å². The highest BCUT2D eigenvalue weighted by molar-refractivity contribution is 7.89. The number of carbonyl (C=O) groups excluding carboxylic acids is 1. The number of methoxy groups -OCH3 is 1. The average Bonchev–Trinajstić information content (AvgIpc) is 2.80. The van der Waals surface area contributed by atoms with Gasteiger partial charge in [0.1, 0.15) is 16.7 Å². The maximum Gasteiger partial charge on any atom is 0.245 e.